The fraction of sp³-hybridized carbons (Fsp3) is 0.545. The molecule has 0 spiro atoms. The normalized spacial score (nSPS) is 18.6. The monoisotopic (exact) mass is 192 g/mol. The van der Waals surface area contributed by atoms with Gasteiger partial charge in [-0.05, 0) is 18.9 Å². The molecule has 0 unspecified atom stereocenters. The van der Waals surface area contributed by atoms with E-state index in [1.165, 1.54) is 19.3 Å². The Labute approximate surface area is 84.3 Å². The topological polar surface area (TPSA) is 48.1 Å². The van der Waals surface area contributed by atoms with Crippen LogP contribution in [0, 0.1) is 5.41 Å². The number of pyridine rings is 1. The van der Waals surface area contributed by atoms with Crippen LogP contribution in [0.3, 0.4) is 0 Å². The molecule has 0 aromatic carbocycles. The molecule has 2 rings (SSSR count). The molecule has 1 heterocycles. The molecule has 0 bridgehead atoms. The maximum absolute atomic E-state index is 5.60. The second kappa shape index (κ2) is 3.48. The summed E-state index contributed by atoms with van der Waals surface area (Å²) < 4.78 is 5.60. The van der Waals surface area contributed by atoms with Crippen LogP contribution >= 0.6 is 0 Å². The first-order valence-electron chi connectivity index (χ1n) is 5.03. The predicted molar refractivity (Wildman–Crippen MR) is 56.1 cm³/mol. The van der Waals surface area contributed by atoms with E-state index in [2.05, 4.69) is 11.9 Å². The van der Waals surface area contributed by atoms with E-state index in [4.69, 9.17) is 10.5 Å². The molecule has 1 aliphatic carbocycles. The number of hydrogen-bond donors (Lipinski definition) is 1. The fourth-order valence-corrected chi connectivity index (χ4v) is 1.68. The van der Waals surface area contributed by atoms with Crippen LogP contribution in [0.15, 0.2) is 18.2 Å². The van der Waals surface area contributed by atoms with E-state index in [-0.39, 0.29) is 0 Å². The molecule has 0 atom stereocenters. The van der Waals surface area contributed by atoms with Crippen LogP contribution in [-0.2, 0) is 0 Å². The van der Waals surface area contributed by atoms with Crippen molar-refractivity contribution in [2.45, 2.75) is 26.2 Å². The largest absolute Gasteiger partial charge is 0.477 e. The van der Waals surface area contributed by atoms with E-state index in [9.17, 15) is 0 Å². The van der Waals surface area contributed by atoms with Crippen LogP contribution in [0.5, 0.6) is 5.88 Å². The first-order valence-corrected chi connectivity index (χ1v) is 5.03. The number of nitrogen functional groups attached to an aromatic ring is 1. The Morgan fingerprint density at radius 3 is 2.86 bits per heavy atom. The van der Waals surface area contributed by atoms with Crippen molar-refractivity contribution in [2.75, 3.05) is 12.3 Å². The number of aromatic nitrogens is 1. The molecule has 2 N–H and O–H groups in total. The van der Waals surface area contributed by atoms with E-state index in [0.717, 1.165) is 6.61 Å². The van der Waals surface area contributed by atoms with Gasteiger partial charge in [-0.3, -0.25) is 0 Å². The number of ether oxygens (including phenoxy) is 1. The Bertz CT molecular complexity index is 321. The van der Waals surface area contributed by atoms with Crippen molar-refractivity contribution in [1.29, 1.82) is 0 Å². The number of hydrogen-bond acceptors (Lipinski definition) is 3. The van der Waals surface area contributed by atoms with Crippen LogP contribution in [0.4, 0.5) is 5.82 Å². The zero-order chi connectivity index (χ0) is 10.0. The maximum atomic E-state index is 5.60. The van der Waals surface area contributed by atoms with Gasteiger partial charge in [-0.2, -0.15) is 4.98 Å². The second-order valence-electron chi connectivity index (χ2n) is 4.35. The lowest BCUT2D eigenvalue weighted by Crippen LogP contribution is -2.32. The number of nitrogens with zero attached hydrogens (tertiary/aromatic N) is 1. The minimum Gasteiger partial charge on any atom is -0.477 e. The number of rotatable bonds is 3. The van der Waals surface area contributed by atoms with Crippen molar-refractivity contribution in [3.8, 4) is 5.88 Å². The third kappa shape index (κ3) is 1.97. The zero-order valence-electron chi connectivity index (χ0n) is 8.49. The van der Waals surface area contributed by atoms with Gasteiger partial charge in [0.25, 0.3) is 0 Å². The maximum Gasteiger partial charge on any atom is 0.215 e. The molecule has 3 heteroatoms. The quantitative estimate of drug-likeness (QED) is 0.798. The van der Waals surface area contributed by atoms with Gasteiger partial charge in [-0.1, -0.05) is 19.4 Å². The summed E-state index contributed by atoms with van der Waals surface area (Å²) in [4.78, 5) is 4.09. The van der Waals surface area contributed by atoms with Crippen LogP contribution in [0.1, 0.15) is 26.2 Å². The van der Waals surface area contributed by atoms with Crippen LogP contribution in [-0.4, -0.2) is 11.6 Å². The summed E-state index contributed by atoms with van der Waals surface area (Å²) in [5, 5.41) is 0. The van der Waals surface area contributed by atoms with Gasteiger partial charge in [0.05, 0.1) is 6.61 Å². The van der Waals surface area contributed by atoms with Crippen molar-refractivity contribution in [3.05, 3.63) is 18.2 Å². The highest BCUT2D eigenvalue weighted by Gasteiger charge is 2.32. The van der Waals surface area contributed by atoms with E-state index >= 15 is 0 Å². The van der Waals surface area contributed by atoms with Crippen molar-refractivity contribution in [2.24, 2.45) is 5.41 Å². The summed E-state index contributed by atoms with van der Waals surface area (Å²) in [5.41, 5.74) is 5.92. The summed E-state index contributed by atoms with van der Waals surface area (Å²) in [6, 6.07) is 5.47. The lowest BCUT2D eigenvalue weighted by molar-refractivity contribution is 0.0750. The SMILES string of the molecule is CC1(COc2cccc(N)n2)CCC1. The number of anilines is 1. The third-order valence-electron chi connectivity index (χ3n) is 2.87. The Morgan fingerprint density at radius 2 is 2.29 bits per heavy atom. The molecular formula is C11H16N2O. The molecule has 1 fully saturated rings. The standard InChI is InChI=1S/C11H16N2O/c1-11(6-3-7-11)8-14-10-5-2-4-9(12)13-10/h2,4-5H,3,6-8H2,1H3,(H2,12,13). The van der Waals surface area contributed by atoms with E-state index in [1.807, 2.05) is 12.1 Å². The first kappa shape index (κ1) is 9.31. The smallest absolute Gasteiger partial charge is 0.215 e. The Kier molecular flexibility index (Phi) is 2.32. The second-order valence-corrected chi connectivity index (χ2v) is 4.35. The minimum atomic E-state index is 0.367. The van der Waals surface area contributed by atoms with Crippen molar-refractivity contribution < 1.29 is 4.74 Å². The molecule has 0 aliphatic heterocycles. The van der Waals surface area contributed by atoms with Crippen LogP contribution < -0.4 is 10.5 Å². The molecule has 14 heavy (non-hydrogen) atoms. The molecule has 0 amide bonds. The van der Waals surface area contributed by atoms with Crippen molar-refractivity contribution >= 4 is 5.82 Å². The van der Waals surface area contributed by atoms with Gasteiger partial charge in [0.2, 0.25) is 5.88 Å². The van der Waals surface area contributed by atoms with Gasteiger partial charge < -0.3 is 10.5 Å². The number of nitrogens with two attached hydrogens (primary N) is 1. The zero-order valence-corrected chi connectivity index (χ0v) is 8.49. The average molecular weight is 192 g/mol. The summed E-state index contributed by atoms with van der Waals surface area (Å²) in [6.07, 6.45) is 3.84. The Morgan fingerprint density at radius 1 is 1.50 bits per heavy atom. The lowest BCUT2D eigenvalue weighted by atomic mass is 9.71. The summed E-state index contributed by atoms with van der Waals surface area (Å²) in [6.45, 7) is 3.01. The lowest BCUT2D eigenvalue weighted by Gasteiger charge is -2.37. The van der Waals surface area contributed by atoms with Gasteiger partial charge in [0.1, 0.15) is 5.82 Å². The van der Waals surface area contributed by atoms with E-state index in [1.54, 1.807) is 6.07 Å². The molecule has 3 nitrogen and oxygen atoms in total. The molecule has 1 saturated carbocycles. The highest BCUT2D eigenvalue weighted by atomic mass is 16.5. The molecule has 1 aromatic rings. The van der Waals surface area contributed by atoms with Gasteiger partial charge in [-0.15, -0.1) is 0 Å². The Balaban J connectivity index is 1.91. The van der Waals surface area contributed by atoms with Gasteiger partial charge in [-0.25, -0.2) is 0 Å². The van der Waals surface area contributed by atoms with Crippen molar-refractivity contribution in [1.82, 2.24) is 4.98 Å². The van der Waals surface area contributed by atoms with E-state index < -0.39 is 0 Å². The van der Waals surface area contributed by atoms with Gasteiger partial charge in [0.15, 0.2) is 0 Å². The molecular weight excluding hydrogens is 176 g/mol. The Hall–Kier alpha value is -1.25. The average Bonchev–Trinajstić information content (AvgIpc) is 2.12. The minimum absolute atomic E-state index is 0.367. The highest BCUT2D eigenvalue weighted by molar-refractivity contribution is 5.31. The fourth-order valence-electron chi connectivity index (χ4n) is 1.68. The molecule has 0 saturated heterocycles. The highest BCUT2D eigenvalue weighted by Crippen LogP contribution is 2.40. The molecule has 1 aliphatic rings. The van der Waals surface area contributed by atoms with E-state index in [0.29, 0.717) is 17.1 Å². The molecule has 76 valence electrons. The summed E-state index contributed by atoms with van der Waals surface area (Å²) >= 11 is 0. The summed E-state index contributed by atoms with van der Waals surface area (Å²) in [7, 11) is 0. The summed E-state index contributed by atoms with van der Waals surface area (Å²) in [5.74, 6) is 1.15. The predicted octanol–water partition coefficient (Wildman–Crippen LogP) is 2.23. The van der Waals surface area contributed by atoms with Crippen molar-refractivity contribution in [3.63, 3.8) is 0 Å². The molecule has 0 radical (unpaired) electrons. The van der Waals surface area contributed by atoms with Gasteiger partial charge in [0, 0.05) is 11.5 Å². The van der Waals surface area contributed by atoms with Crippen LogP contribution in [0.25, 0.3) is 0 Å². The first-order chi connectivity index (χ1) is 6.68. The third-order valence-corrected chi connectivity index (χ3v) is 2.87. The van der Waals surface area contributed by atoms with Gasteiger partial charge >= 0.3 is 0 Å². The van der Waals surface area contributed by atoms with Crippen LogP contribution in [0.2, 0.25) is 0 Å². The molecule has 1 aromatic heterocycles.